The van der Waals surface area contributed by atoms with Gasteiger partial charge in [-0.15, -0.1) is 0 Å². The molecule has 47 heavy (non-hydrogen) atoms. The molecule has 1 fully saturated rings. The number of hydrogen-bond donors (Lipinski definition) is 1. The molecule has 1 aliphatic carbocycles. The zero-order valence-electron chi connectivity index (χ0n) is 25.9. The van der Waals surface area contributed by atoms with Crippen molar-refractivity contribution in [3.63, 3.8) is 0 Å². The SMILES string of the molecule is Cc1ccc(S(=O)(=O)N(CC(=O)N(Cc2ccc(F)cc2)[C@H](Cc2ccccc2)C(=O)NC2CCCC2)c2cc(Cl)cc(Cl)c2)cc1. The number of carbonyl (C=O) groups excluding carboxylic acids is 2. The van der Waals surface area contributed by atoms with Crippen LogP contribution in [0.15, 0.2) is 102 Å². The van der Waals surface area contributed by atoms with E-state index >= 15 is 0 Å². The predicted molar refractivity (Wildman–Crippen MR) is 183 cm³/mol. The molecule has 1 atom stereocenters. The van der Waals surface area contributed by atoms with E-state index in [4.69, 9.17) is 23.2 Å². The van der Waals surface area contributed by atoms with Crippen molar-refractivity contribution in [1.82, 2.24) is 10.2 Å². The van der Waals surface area contributed by atoms with E-state index in [1.54, 1.807) is 24.3 Å². The van der Waals surface area contributed by atoms with Gasteiger partial charge in [-0.1, -0.05) is 96.2 Å². The van der Waals surface area contributed by atoms with Gasteiger partial charge in [-0.05, 0) is 73.4 Å². The minimum Gasteiger partial charge on any atom is -0.352 e. The first-order chi connectivity index (χ1) is 22.5. The summed E-state index contributed by atoms with van der Waals surface area (Å²) in [7, 11) is -4.32. The van der Waals surface area contributed by atoms with Gasteiger partial charge >= 0.3 is 0 Å². The average Bonchev–Trinajstić information content (AvgIpc) is 3.55. The van der Waals surface area contributed by atoms with Crippen molar-refractivity contribution in [1.29, 1.82) is 0 Å². The number of carbonyl (C=O) groups is 2. The summed E-state index contributed by atoms with van der Waals surface area (Å²) in [6.07, 6.45) is 3.86. The van der Waals surface area contributed by atoms with Gasteiger partial charge < -0.3 is 10.2 Å². The zero-order chi connectivity index (χ0) is 33.6. The number of aryl methyl sites for hydroxylation is 1. The molecule has 246 valence electrons. The van der Waals surface area contributed by atoms with Crippen LogP contribution in [0, 0.1) is 12.7 Å². The first-order valence-corrected chi connectivity index (χ1v) is 17.6. The summed E-state index contributed by atoms with van der Waals surface area (Å²) in [5.74, 6) is -1.42. The van der Waals surface area contributed by atoms with Crippen LogP contribution in [0.3, 0.4) is 0 Å². The Balaban J connectivity index is 1.58. The van der Waals surface area contributed by atoms with Gasteiger partial charge in [-0.25, -0.2) is 12.8 Å². The second kappa shape index (κ2) is 15.3. The maximum Gasteiger partial charge on any atom is 0.264 e. The number of nitrogens with one attached hydrogen (secondary N) is 1. The van der Waals surface area contributed by atoms with Crippen molar-refractivity contribution in [2.45, 2.75) is 62.6 Å². The van der Waals surface area contributed by atoms with Gasteiger partial charge in [0, 0.05) is 29.1 Å². The van der Waals surface area contributed by atoms with Gasteiger partial charge in [0.2, 0.25) is 11.8 Å². The molecule has 0 spiro atoms. The van der Waals surface area contributed by atoms with Gasteiger partial charge in [0.05, 0.1) is 10.6 Å². The van der Waals surface area contributed by atoms with Crippen molar-refractivity contribution in [2.24, 2.45) is 0 Å². The van der Waals surface area contributed by atoms with Crippen LogP contribution in [0.25, 0.3) is 0 Å². The highest BCUT2D eigenvalue weighted by Gasteiger charge is 2.35. The molecule has 0 radical (unpaired) electrons. The van der Waals surface area contributed by atoms with Gasteiger partial charge in [-0.3, -0.25) is 13.9 Å². The fourth-order valence-electron chi connectivity index (χ4n) is 5.76. The second-order valence-electron chi connectivity index (χ2n) is 11.8. The lowest BCUT2D eigenvalue weighted by molar-refractivity contribution is -0.140. The summed E-state index contributed by atoms with van der Waals surface area (Å²) in [5, 5.41) is 3.50. The number of sulfonamides is 1. The van der Waals surface area contributed by atoms with Crippen molar-refractivity contribution in [3.8, 4) is 0 Å². The van der Waals surface area contributed by atoms with Crippen LogP contribution < -0.4 is 9.62 Å². The minimum absolute atomic E-state index is 0.0180. The molecule has 0 bridgehead atoms. The summed E-state index contributed by atoms with van der Waals surface area (Å²) in [4.78, 5) is 30.0. The largest absolute Gasteiger partial charge is 0.352 e. The van der Waals surface area contributed by atoms with Crippen molar-refractivity contribution in [2.75, 3.05) is 10.8 Å². The summed E-state index contributed by atoms with van der Waals surface area (Å²) in [6.45, 7) is 1.12. The monoisotopic (exact) mass is 695 g/mol. The third-order valence-corrected chi connectivity index (χ3v) is 10.5. The molecule has 1 saturated carbocycles. The van der Waals surface area contributed by atoms with Crippen LogP contribution >= 0.6 is 23.2 Å². The molecule has 7 nitrogen and oxygen atoms in total. The topological polar surface area (TPSA) is 86.8 Å². The van der Waals surface area contributed by atoms with Crippen molar-refractivity contribution in [3.05, 3.63) is 130 Å². The Labute approximate surface area is 285 Å². The Hall–Kier alpha value is -3.92. The lowest BCUT2D eigenvalue weighted by atomic mass is 10.0. The highest BCUT2D eigenvalue weighted by atomic mass is 35.5. The zero-order valence-corrected chi connectivity index (χ0v) is 28.2. The molecule has 5 rings (SSSR count). The number of nitrogens with zero attached hydrogens (tertiary/aromatic N) is 2. The van der Waals surface area contributed by atoms with Crippen LogP contribution in [-0.4, -0.2) is 43.8 Å². The number of rotatable bonds is 12. The third kappa shape index (κ3) is 8.91. The summed E-state index contributed by atoms with van der Waals surface area (Å²) >= 11 is 12.6. The molecule has 11 heteroatoms. The summed E-state index contributed by atoms with van der Waals surface area (Å²) in [6, 6.07) is 24.5. The van der Waals surface area contributed by atoms with Gasteiger partial charge in [0.25, 0.3) is 10.0 Å². The Morgan fingerprint density at radius 1 is 0.872 bits per heavy atom. The van der Waals surface area contributed by atoms with Gasteiger partial charge in [-0.2, -0.15) is 0 Å². The molecular formula is C36H36Cl2FN3O4S. The van der Waals surface area contributed by atoms with Gasteiger partial charge in [0.15, 0.2) is 0 Å². The van der Waals surface area contributed by atoms with E-state index in [0.29, 0.717) is 5.56 Å². The van der Waals surface area contributed by atoms with E-state index in [1.807, 2.05) is 37.3 Å². The molecule has 4 aromatic carbocycles. The molecule has 2 amide bonds. The number of hydrogen-bond acceptors (Lipinski definition) is 4. The van der Waals surface area contributed by atoms with Gasteiger partial charge in [0.1, 0.15) is 18.4 Å². The second-order valence-corrected chi connectivity index (χ2v) is 14.5. The number of anilines is 1. The standard InChI is InChI=1S/C36H36Cl2FN3O4S/c1-25-11-17-33(18-12-25)47(45,46)42(32-21-28(37)20-29(38)22-32)24-35(43)41(23-27-13-15-30(39)16-14-27)34(19-26-7-3-2-4-8-26)36(44)40-31-9-5-6-10-31/h2-4,7-8,11-18,20-22,31,34H,5-6,9-10,19,23-24H2,1H3,(H,40,44)/t34-/m1/s1. The summed E-state index contributed by atoms with van der Waals surface area (Å²) < 4.78 is 43.2. The molecule has 1 aliphatic rings. The van der Waals surface area contributed by atoms with E-state index in [-0.39, 0.29) is 45.5 Å². The van der Waals surface area contributed by atoms with E-state index in [0.717, 1.165) is 41.1 Å². The fourth-order valence-corrected chi connectivity index (χ4v) is 7.67. The highest BCUT2D eigenvalue weighted by molar-refractivity contribution is 7.92. The van der Waals surface area contributed by atoms with Crippen LogP contribution in [-0.2, 0) is 32.6 Å². The van der Waals surface area contributed by atoms with Crippen molar-refractivity contribution < 1.29 is 22.4 Å². The first-order valence-electron chi connectivity index (χ1n) is 15.4. The molecule has 0 heterocycles. The number of benzene rings is 4. The molecule has 1 N–H and O–H groups in total. The van der Waals surface area contributed by atoms with E-state index in [9.17, 15) is 22.4 Å². The number of halogens is 3. The first kappa shape index (κ1) is 34.4. The molecular weight excluding hydrogens is 660 g/mol. The normalized spacial score (nSPS) is 14.0. The lowest BCUT2D eigenvalue weighted by Gasteiger charge is -2.34. The maximum absolute atomic E-state index is 14.6. The van der Waals surface area contributed by atoms with Crippen LogP contribution in [0.1, 0.15) is 42.4 Å². The predicted octanol–water partition coefficient (Wildman–Crippen LogP) is 7.34. The Morgan fingerprint density at radius 2 is 1.49 bits per heavy atom. The summed E-state index contributed by atoms with van der Waals surface area (Å²) in [5.41, 5.74) is 2.35. The lowest BCUT2D eigenvalue weighted by Crippen LogP contribution is -2.54. The maximum atomic E-state index is 14.6. The number of amides is 2. The van der Waals surface area contributed by atoms with Crippen LogP contribution in [0.4, 0.5) is 10.1 Å². The molecule has 4 aromatic rings. The quantitative estimate of drug-likeness (QED) is 0.168. The molecule has 0 saturated heterocycles. The molecule has 0 aliphatic heterocycles. The van der Waals surface area contributed by atoms with E-state index in [2.05, 4.69) is 5.32 Å². The van der Waals surface area contributed by atoms with Crippen LogP contribution in [0.5, 0.6) is 0 Å². The highest BCUT2D eigenvalue weighted by Crippen LogP contribution is 2.30. The van der Waals surface area contributed by atoms with Crippen molar-refractivity contribution >= 4 is 50.7 Å². The van der Waals surface area contributed by atoms with Crippen LogP contribution in [0.2, 0.25) is 10.0 Å². The fraction of sp³-hybridized carbons (Fsp3) is 0.278. The third-order valence-electron chi connectivity index (χ3n) is 8.26. The van der Waals surface area contributed by atoms with E-state index < -0.39 is 34.3 Å². The average molecular weight is 697 g/mol. The van der Waals surface area contributed by atoms with E-state index in [1.165, 1.54) is 47.4 Å². The Morgan fingerprint density at radius 3 is 2.11 bits per heavy atom. The molecule has 0 unspecified atom stereocenters. The molecule has 0 aromatic heterocycles. The Kier molecular flexibility index (Phi) is 11.2. The Bertz CT molecular complexity index is 1780. The minimum atomic E-state index is -4.32. The smallest absolute Gasteiger partial charge is 0.264 e.